The summed E-state index contributed by atoms with van der Waals surface area (Å²) in [6, 6.07) is 13.2. The number of piperidine rings is 1. The summed E-state index contributed by atoms with van der Waals surface area (Å²) in [5, 5.41) is 0.664. The normalized spacial score (nSPS) is 19.0. The molecule has 1 fully saturated rings. The minimum Gasteiger partial charge on any atom is -0.297 e. The first-order valence-electron chi connectivity index (χ1n) is 7.64. The molecule has 1 aliphatic heterocycles. The molecule has 1 aromatic carbocycles. The van der Waals surface area contributed by atoms with E-state index in [4.69, 9.17) is 11.6 Å². The third kappa shape index (κ3) is 3.73. The van der Waals surface area contributed by atoms with Crippen molar-refractivity contribution in [2.45, 2.75) is 19.4 Å². The highest BCUT2D eigenvalue weighted by molar-refractivity contribution is 6.30. The number of benzene rings is 1. The van der Waals surface area contributed by atoms with E-state index in [2.05, 4.69) is 9.88 Å². The van der Waals surface area contributed by atoms with E-state index in [9.17, 15) is 4.79 Å². The standard InChI is InChI=1S/C18H19ClN2O/c19-16-8-6-14(7-9-16)18(22)15-4-3-11-21(12-15)13-17-5-1-2-10-20-17/h1-2,5-10,15H,3-4,11-13H2. The minimum absolute atomic E-state index is 0.0682. The highest BCUT2D eigenvalue weighted by Gasteiger charge is 2.26. The number of ketones is 1. The lowest BCUT2D eigenvalue weighted by Crippen LogP contribution is -2.38. The smallest absolute Gasteiger partial charge is 0.167 e. The van der Waals surface area contributed by atoms with Crippen LogP contribution < -0.4 is 0 Å². The second kappa shape index (κ2) is 7.03. The van der Waals surface area contributed by atoms with Crippen LogP contribution in [0.2, 0.25) is 5.02 Å². The predicted octanol–water partition coefficient (Wildman–Crippen LogP) is 3.83. The van der Waals surface area contributed by atoms with E-state index in [-0.39, 0.29) is 11.7 Å². The zero-order valence-electron chi connectivity index (χ0n) is 12.4. The van der Waals surface area contributed by atoms with E-state index >= 15 is 0 Å². The predicted molar refractivity (Wildman–Crippen MR) is 88.0 cm³/mol. The monoisotopic (exact) mass is 314 g/mol. The fourth-order valence-corrected chi connectivity index (χ4v) is 3.11. The van der Waals surface area contributed by atoms with Crippen LogP contribution in [0, 0.1) is 5.92 Å². The van der Waals surface area contributed by atoms with Gasteiger partial charge in [0.25, 0.3) is 0 Å². The molecule has 4 heteroatoms. The zero-order valence-corrected chi connectivity index (χ0v) is 13.2. The Morgan fingerprint density at radius 3 is 2.77 bits per heavy atom. The van der Waals surface area contributed by atoms with Gasteiger partial charge in [0.15, 0.2) is 5.78 Å². The summed E-state index contributed by atoms with van der Waals surface area (Å²) < 4.78 is 0. The van der Waals surface area contributed by atoms with Crippen molar-refractivity contribution in [3.8, 4) is 0 Å². The van der Waals surface area contributed by atoms with Gasteiger partial charge in [0.1, 0.15) is 0 Å². The van der Waals surface area contributed by atoms with Crippen molar-refractivity contribution in [2.24, 2.45) is 5.92 Å². The van der Waals surface area contributed by atoms with Crippen LogP contribution in [0.1, 0.15) is 28.9 Å². The molecule has 1 aromatic heterocycles. The lowest BCUT2D eigenvalue weighted by molar-refractivity contribution is 0.0810. The van der Waals surface area contributed by atoms with Gasteiger partial charge in [-0.15, -0.1) is 0 Å². The van der Waals surface area contributed by atoms with Crippen LogP contribution in [0.15, 0.2) is 48.7 Å². The SMILES string of the molecule is O=C(c1ccc(Cl)cc1)C1CCCN(Cc2ccccn2)C1. The van der Waals surface area contributed by atoms with E-state index < -0.39 is 0 Å². The molecule has 2 aromatic rings. The van der Waals surface area contributed by atoms with Crippen molar-refractivity contribution in [1.82, 2.24) is 9.88 Å². The van der Waals surface area contributed by atoms with Crippen molar-refractivity contribution in [2.75, 3.05) is 13.1 Å². The molecule has 1 saturated heterocycles. The third-order valence-electron chi connectivity index (χ3n) is 4.12. The van der Waals surface area contributed by atoms with Crippen molar-refractivity contribution in [3.63, 3.8) is 0 Å². The van der Waals surface area contributed by atoms with Crippen molar-refractivity contribution < 1.29 is 4.79 Å². The van der Waals surface area contributed by atoms with Crippen molar-refractivity contribution >= 4 is 17.4 Å². The number of nitrogens with zero attached hydrogens (tertiary/aromatic N) is 2. The molecule has 1 atom stereocenters. The second-order valence-electron chi connectivity index (χ2n) is 5.77. The van der Waals surface area contributed by atoms with E-state index in [0.29, 0.717) is 5.02 Å². The molecule has 22 heavy (non-hydrogen) atoms. The number of likely N-dealkylation sites (tertiary alicyclic amines) is 1. The quantitative estimate of drug-likeness (QED) is 0.804. The number of rotatable bonds is 4. The van der Waals surface area contributed by atoms with Gasteiger partial charge < -0.3 is 0 Å². The summed E-state index contributed by atoms with van der Waals surface area (Å²) in [4.78, 5) is 19.3. The molecule has 3 nitrogen and oxygen atoms in total. The molecule has 1 unspecified atom stereocenters. The molecule has 0 bridgehead atoms. The van der Waals surface area contributed by atoms with Crippen LogP contribution in [0.3, 0.4) is 0 Å². The molecule has 3 rings (SSSR count). The van der Waals surface area contributed by atoms with Gasteiger partial charge in [0.2, 0.25) is 0 Å². The molecular weight excluding hydrogens is 296 g/mol. The lowest BCUT2D eigenvalue weighted by atomic mass is 9.90. The highest BCUT2D eigenvalue weighted by atomic mass is 35.5. The molecule has 114 valence electrons. The van der Waals surface area contributed by atoms with Gasteiger partial charge in [-0.1, -0.05) is 17.7 Å². The number of pyridine rings is 1. The molecule has 0 spiro atoms. The fourth-order valence-electron chi connectivity index (χ4n) is 2.98. The van der Waals surface area contributed by atoms with Gasteiger partial charge in [-0.2, -0.15) is 0 Å². The van der Waals surface area contributed by atoms with Crippen LogP contribution >= 0.6 is 11.6 Å². The molecule has 2 heterocycles. The van der Waals surface area contributed by atoms with E-state index in [1.807, 2.05) is 36.5 Å². The summed E-state index contributed by atoms with van der Waals surface area (Å²) in [7, 11) is 0. The molecule has 0 N–H and O–H groups in total. The second-order valence-corrected chi connectivity index (χ2v) is 6.20. The average molecular weight is 315 g/mol. The highest BCUT2D eigenvalue weighted by Crippen LogP contribution is 2.22. The Hall–Kier alpha value is -1.71. The molecule has 1 aliphatic rings. The molecule has 0 amide bonds. The Morgan fingerprint density at radius 2 is 2.05 bits per heavy atom. The number of aromatic nitrogens is 1. The van der Waals surface area contributed by atoms with Gasteiger partial charge in [0, 0.05) is 35.8 Å². The van der Waals surface area contributed by atoms with Crippen LogP contribution in [0.25, 0.3) is 0 Å². The average Bonchev–Trinajstić information content (AvgIpc) is 2.56. The van der Waals surface area contributed by atoms with Crippen LogP contribution in [0.5, 0.6) is 0 Å². The van der Waals surface area contributed by atoms with Gasteiger partial charge in [-0.05, 0) is 55.8 Å². The Kier molecular flexibility index (Phi) is 4.86. The zero-order chi connectivity index (χ0) is 15.4. The topological polar surface area (TPSA) is 33.2 Å². The maximum Gasteiger partial charge on any atom is 0.167 e. The Balaban J connectivity index is 1.65. The van der Waals surface area contributed by atoms with Gasteiger partial charge in [-0.3, -0.25) is 14.7 Å². The van der Waals surface area contributed by atoms with Crippen LogP contribution in [-0.4, -0.2) is 28.8 Å². The maximum absolute atomic E-state index is 12.6. The largest absolute Gasteiger partial charge is 0.297 e. The van der Waals surface area contributed by atoms with E-state index in [0.717, 1.165) is 43.7 Å². The Morgan fingerprint density at radius 1 is 1.23 bits per heavy atom. The molecule has 0 saturated carbocycles. The van der Waals surface area contributed by atoms with Gasteiger partial charge in [-0.25, -0.2) is 0 Å². The van der Waals surface area contributed by atoms with Gasteiger partial charge in [0.05, 0.1) is 5.69 Å². The number of carbonyl (C=O) groups is 1. The Labute approximate surface area is 135 Å². The molecular formula is C18H19ClN2O. The summed E-state index contributed by atoms with van der Waals surface area (Å²) in [5.74, 6) is 0.293. The molecule has 0 radical (unpaired) electrons. The lowest BCUT2D eigenvalue weighted by Gasteiger charge is -2.31. The number of carbonyl (C=O) groups excluding carboxylic acids is 1. The number of hydrogen-bond acceptors (Lipinski definition) is 3. The molecule has 0 aliphatic carbocycles. The van der Waals surface area contributed by atoms with E-state index in [1.54, 1.807) is 12.1 Å². The summed E-state index contributed by atoms with van der Waals surface area (Å²) in [6.45, 7) is 2.64. The number of Topliss-reactive ketones (excluding diaryl/α,β-unsaturated/α-hetero) is 1. The first-order chi connectivity index (χ1) is 10.7. The van der Waals surface area contributed by atoms with E-state index in [1.165, 1.54) is 0 Å². The first kappa shape index (κ1) is 15.2. The summed E-state index contributed by atoms with van der Waals surface area (Å²) in [6.07, 6.45) is 3.83. The third-order valence-corrected chi connectivity index (χ3v) is 4.37. The van der Waals surface area contributed by atoms with Crippen molar-refractivity contribution in [1.29, 1.82) is 0 Å². The van der Waals surface area contributed by atoms with Crippen LogP contribution in [-0.2, 0) is 6.54 Å². The fraction of sp³-hybridized carbons (Fsp3) is 0.333. The Bertz CT molecular complexity index is 627. The van der Waals surface area contributed by atoms with Gasteiger partial charge >= 0.3 is 0 Å². The maximum atomic E-state index is 12.6. The van der Waals surface area contributed by atoms with Crippen molar-refractivity contribution in [3.05, 3.63) is 64.9 Å². The van der Waals surface area contributed by atoms with Crippen LogP contribution in [0.4, 0.5) is 0 Å². The first-order valence-corrected chi connectivity index (χ1v) is 8.02. The number of hydrogen-bond donors (Lipinski definition) is 0. The summed E-state index contributed by atoms with van der Waals surface area (Å²) >= 11 is 5.89. The number of halogens is 1. The minimum atomic E-state index is 0.0682. The summed E-state index contributed by atoms with van der Waals surface area (Å²) in [5.41, 5.74) is 1.82.